The van der Waals surface area contributed by atoms with Gasteiger partial charge in [-0.25, -0.2) is 17.8 Å². The van der Waals surface area contributed by atoms with E-state index < -0.39 is 15.8 Å². The lowest BCUT2D eigenvalue weighted by molar-refractivity contribution is 0.373. The van der Waals surface area contributed by atoms with E-state index in [9.17, 15) is 12.8 Å². The highest BCUT2D eigenvalue weighted by Crippen LogP contribution is 2.35. The van der Waals surface area contributed by atoms with Gasteiger partial charge in [0.2, 0.25) is 0 Å². The first-order valence-electron chi connectivity index (χ1n) is 11.0. The van der Waals surface area contributed by atoms with Gasteiger partial charge in [0.25, 0.3) is 10.0 Å². The molecule has 33 heavy (non-hydrogen) atoms. The molecule has 0 saturated heterocycles. The first-order valence-corrected chi connectivity index (χ1v) is 13.7. The lowest BCUT2D eigenvalue weighted by Gasteiger charge is -2.21. The average Bonchev–Trinajstić information content (AvgIpc) is 3.16. The van der Waals surface area contributed by atoms with Gasteiger partial charge < -0.3 is 5.32 Å². The maximum Gasteiger partial charge on any atom is 0.262 e. The molecule has 1 fully saturated rings. The second kappa shape index (κ2) is 9.99. The predicted octanol–water partition coefficient (Wildman–Crippen LogP) is 7.01. The number of sulfonamides is 1. The fourth-order valence-corrected chi connectivity index (χ4v) is 6.63. The van der Waals surface area contributed by atoms with Crippen LogP contribution in [0.4, 0.5) is 15.2 Å². The van der Waals surface area contributed by atoms with E-state index in [0.717, 1.165) is 33.9 Å². The standard InChI is InChI=1S/C24H27ClFN3O2S2/c1-15-8-9-18(12-22(15)33(30,31)29-21-11-10-19(25)13-20(21)26)23-16(2)28-24(32-23)27-14-17-6-4-3-5-7-17/h8-13,17,29H,3-7,14H2,1-2H3,(H,27,28). The van der Waals surface area contributed by atoms with E-state index in [4.69, 9.17) is 11.6 Å². The number of rotatable bonds is 7. The van der Waals surface area contributed by atoms with Crippen LogP contribution < -0.4 is 10.0 Å². The highest BCUT2D eigenvalue weighted by molar-refractivity contribution is 7.92. The summed E-state index contributed by atoms with van der Waals surface area (Å²) < 4.78 is 42.7. The monoisotopic (exact) mass is 507 g/mol. The first kappa shape index (κ1) is 24.0. The molecule has 0 bridgehead atoms. The van der Waals surface area contributed by atoms with Crippen molar-refractivity contribution in [2.24, 2.45) is 5.92 Å². The van der Waals surface area contributed by atoms with Crippen molar-refractivity contribution >= 4 is 43.8 Å². The summed E-state index contributed by atoms with van der Waals surface area (Å²) in [7, 11) is -4.01. The number of nitrogens with zero attached hydrogens (tertiary/aromatic N) is 1. The predicted molar refractivity (Wildman–Crippen MR) is 134 cm³/mol. The zero-order chi connectivity index (χ0) is 23.6. The summed E-state index contributed by atoms with van der Waals surface area (Å²) in [4.78, 5) is 5.66. The molecule has 1 aromatic heterocycles. The molecule has 9 heteroatoms. The Bertz CT molecular complexity index is 1250. The molecule has 1 aliphatic carbocycles. The largest absolute Gasteiger partial charge is 0.361 e. The van der Waals surface area contributed by atoms with Crippen LogP contribution in [-0.4, -0.2) is 19.9 Å². The van der Waals surface area contributed by atoms with Crippen LogP contribution in [0.3, 0.4) is 0 Å². The maximum atomic E-state index is 14.2. The molecular weight excluding hydrogens is 481 g/mol. The number of hydrogen-bond donors (Lipinski definition) is 2. The summed E-state index contributed by atoms with van der Waals surface area (Å²) in [5.74, 6) is -0.0475. The highest BCUT2D eigenvalue weighted by atomic mass is 35.5. The molecule has 0 aliphatic heterocycles. The molecule has 0 unspecified atom stereocenters. The number of nitrogens with one attached hydrogen (secondary N) is 2. The van der Waals surface area contributed by atoms with E-state index >= 15 is 0 Å². The molecule has 176 valence electrons. The van der Waals surface area contributed by atoms with Crippen LogP contribution in [0.15, 0.2) is 41.3 Å². The molecule has 0 amide bonds. The topological polar surface area (TPSA) is 71.1 Å². The van der Waals surface area contributed by atoms with Gasteiger partial charge in [-0.1, -0.05) is 54.3 Å². The van der Waals surface area contributed by atoms with Gasteiger partial charge in [-0.3, -0.25) is 4.72 Å². The third kappa shape index (κ3) is 5.67. The normalized spacial score (nSPS) is 14.9. The van der Waals surface area contributed by atoms with Gasteiger partial charge >= 0.3 is 0 Å². The van der Waals surface area contributed by atoms with Crippen molar-refractivity contribution in [1.82, 2.24) is 4.98 Å². The van der Waals surface area contributed by atoms with E-state index in [1.54, 1.807) is 19.1 Å². The van der Waals surface area contributed by atoms with Gasteiger partial charge in [-0.2, -0.15) is 0 Å². The Hall–Kier alpha value is -2.16. The molecule has 0 atom stereocenters. The lowest BCUT2D eigenvalue weighted by atomic mass is 9.89. The van der Waals surface area contributed by atoms with Gasteiger partial charge in [-0.05, 0) is 68.0 Å². The van der Waals surface area contributed by atoms with Gasteiger partial charge in [0.05, 0.1) is 21.2 Å². The summed E-state index contributed by atoms with van der Waals surface area (Å²) >= 11 is 7.30. The van der Waals surface area contributed by atoms with Gasteiger partial charge in [0, 0.05) is 11.6 Å². The maximum absolute atomic E-state index is 14.2. The van der Waals surface area contributed by atoms with Crippen LogP contribution in [0, 0.1) is 25.6 Å². The number of halogens is 2. The molecule has 1 aliphatic rings. The number of benzene rings is 2. The summed E-state index contributed by atoms with van der Waals surface area (Å²) in [6.07, 6.45) is 6.43. The molecule has 1 saturated carbocycles. The summed E-state index contributed by atoms with van der Waals surface area (Å²) in [5, 5.41) is 4.51. The van der Waals surface area contributed by atoms with Crippen molar-refractivity contribution in [3.8, 4) is 10.4 Å². The van der Waals surface area contributed by atoms with Crippen molar-refractivity contribution in [2.45, 2.75) is 50.8 Å². The number of aryl methyl sites for hydroxylation is 2. The van der Waals surface area contributed by atoms with Gasteiger partial charge in [0.15, 0.2) is 5.13 Å². The second-order valence-electron chi connectivity index (χ2n) is 8.53. The minimum absolute atomic E-state index is 0.0962. The molecule has 0 spiro atoms. The van der Waals surface area contributed by atoms with Crippen LogP contribution in [0.25, 0.3) is 10.4 Å². The summed E-state index contributed by atoms with van der Waals surface area (Å²) in [6, 6.07) is 9.10. The zero-order valence-corrected chi connectivity index (χ0v) is 21.0. The van der Waals surface area contributed by atoms with Crippen LogP contribution in [0.1, 0.15) is 43.4 Å². The number of aromatic nitrogens is 1. The second-order valence-corrected chi connectivity index (χ2v) is 11.6. The Kier molecular flexibility index (Phi) is 7.26. The van der Waals surface area contributed by atoms with Crippen LogP contribution in [-0.2, 0) is 10.0 Å². The fourth-order valence-electron chi connectivity index (χ4n) is 4.17. The Morgan fingerprint density at radius 2 is 1.88 bits per heavy atom. The molecule has 4 rings (SSSR count). The fraction of sp³-hybridized carbons (Fsp3) is 0.375. The number of anilines is 2. The van der Waals surface area contributed by atoms with Crippen molar-refractivity contribution < 1.29 is 12.8 Å². The van der Waals surface area contributed by atoms with Gasteiger partial charge in [0.1, 0.15) is 5.82 Å². The van der Waals surface area contributed by atoms with E-state index in [1.807, 2.05) is 13.0 Å². The molecule has 0 radical (unpaired) electrons. The van der Waals surface area contributed by atoms with Crippen LogP contribution in [0.5, 0.6) is 0 Å². The SMILES string of the molecule is Cc1ccc(-c2sc(NCC3CCCCC3)nc2C)cc1S(=O)(=O)Nc1ccc(Cl)cc1F. The molecular formula is C24H27ClFN3O2S2. The van der Waals surface area contributed by atoms with Crippen LogP contribution >= 0.6 is 22.9 Å². The molecule has 3 aromatic rings. The van der Waals surface area contributed by atoms with E-state index in [1.165, 1.54) is 55.6 Å². The summed E-state index contributed by atoms with van der Waals surface area (Å²) in [5.41, 5.74) is 2.03. The quantitative estimate of drug-likeness (QED) is 0.360. The Morgan fingerprint density at radius 1 is 1.12 bits per heavy atom. The molecule has 5 nitrogen and oxygen atoms in total. The van der Waals surface area contributed by atoms with Gasteiger partial charge in [-0.15, -0.1) is 0 Å². The minimum atomic E-state index is -4.01. The Labute approximate surface area is 203 Å². The third-order valence-electron chi connectivity index (χ3n) is 5.98. The summed E-state index contributed by atoms with van der Waals surface area (Å²) in [6.45, 7) is 4.55. The number of thiazole rings is 1. The minimum Gasteiger partial charge on any atom is -0.361 e. The molecule has 2 aromatic carbocycles. The smallest absolute Gasteiger partial charge is 0.262 e. The number of hydrogen-bond acceptors (Lipinski definition) is 5. The van der Waals surface area contributed by atoms with Crippen molar-refractivity contribution in [3.63, 3.8) is 0 Å². The Balaban J connectivity index is 1.57. The third-order valence-corrected chi connectivity index (χ3v) is 8.89. The lowest BCUT2D eigenvalue weighted by Crippen LogP contribution is -2.16. The zero-order valence-electron chi connectivity index (χ0n) is 18.6. The van der Waals surface area contributed by atoms with Crippen molar-refractivity contribution in [1.29, 1.82) is 0 Å². The highest BCUT2D eigenvalue weighted by Gasteiger charge is 2.21. The van der Waals surface area contributed by atoms with Crippen molar-refractivity contribution in [3.05, 3.63) is 58.5 Å². The average molecular weight is 508 g/mol. The molecule has 1 heterocycles. The van der Waals surface area contributed by atoms with E-state index in [2.05, 4.69) is 15.0 Å². The van der Waals surface area contributed by atoms with E-state index in [0.29, 0.717) is 11.5 Å². The Morgan fingerprint density at radius 3 is 2.61 bits per heavy atom. The van der Waals surface area contributed by atoms with E-state index in [-0.39, 0.29) is 15.6 Å². The first-order chi connectivity index (χ1) is 15.7. The molecule has 2 N–H and O–H groups in total. The van der Waals surface area contributed by atoms with Crippen molar-refractivity contribution in [2.75, 3.05) is 16.6 Å². The van der Waals surface area contributed by atoms with Crippen LogP contribution in [0.2, 0.25) is 5.02 Å².